The Balaban J connectivity index is 3.04. The molecule has 1 aromatic carbocycles. The van der Waals surface area contributed by atoms with E-state index in [0.29, 0.717) is 22.4 Å². The molecule has 6 nitrogen and oxygen atoms in total. The van der Waals surface area contributed by atoms with Gasteiger partial charge in [0.1, 0.15) is 22.0 Å². The fraction of sp³-hybridized carbons (Fsp3) is 0.467. The Bertz CT molecular complexity index is 534. The van der Waals surface area contributed by atoms with Crippen LogP contribution in [0.25, 0.3) is 0 Å². The van der Waals surface area contributed by atoms with Crippen molar-refractivity contribution in [3.63, 3.8) is 0 Å². The number of carboxylic acids is 1. The summed E-state index contributed by atoms with van der Waals surface area (Å²) in [6.45, 7) is 3.79. The zero-order valence-corrected chi connectivity index (χ0v) is 14.6. The molecule has 0 aliphatic heterocycles. The van der Waals surface area contributed by atoms with E-state index < -0.39 is 17.9 Å². The molecule has 0 aliphatic carbocycles. The second-order valence-corrected chi connectivity index (χ2v) is 5.98. The molecule has 1 rings (SSSR count). The lowest BCUT2D eigenvalue weighted by atomic mass is 10.0. The first-order chi connectivity index (χ1) is 10.3. The van der Waals surface area contributed by atoms with Crippen molar-refractivity contribution in [3.8, 4) is 11.5 Å². The summed E-state index contributed by atoms with van der Waals surface area (Å²) in [6, 6.07) is 2.11. The van der Waals surface area contributed by atoms with Crippen LogP contribution in [-0.4, -0.2) is 37.2 Å². The molecule has 0 heterocycles. The maximum absolute atomic E-state index is 12.3. The van der Waals surface area contributed by atoms with Crippen molar-refractivity contribution in [2.24, 2.45) is 5.92 Å². The molecule has 22 heavy (non-hydrogen) atoms. The summed E-state index contributed by atoms with van der Waals surface area (Å²) in [5, 5.41) is 11.7. The van der Waals surface area contributed by atoms with Crippen LogP contribution >= 0.6 is 15.9 Å². The average molecular weight is 374 g/mol. The molecular weight excluding hydrogens is 354 g/mol. The third kappa shape index (κ3) is 4.62. The smallest absolute Gasteiger partial charge is 0.326 e. The number of hydrogen-bond donors (Lipinski definition) is 2. The number of rotatable bonds is 7. The largest absolute Gasteiger partial charge is 0.495 e. The number of ether oxygens (including phenoxy) is 2. The number of halogens is 1. The van der Waals surface area contributed by atoms with Gasteiger partial charge in [-0.2, -0.15) is 0 Å². The second kappa shape index (κ2) is 8.03. The van der Waals surface area contributed by atoms with Gasteiger partial charge in [0.2, 0.25) is 0 Å². The number of carboxylic acid groups (broad SMARTS) is 1. The van der Waals surface area contributed by atoms with E-state index in [1.165, 1.54) is 26.4 Å². The second-order valence-electron chi connectivity index (χ2n) is 5.19. The standard InChI is InChI=1S/C15H20BrNO5/c1-8(2)5-10(15(19)20)17-14(18)9-6-11(21-3)13(16)12(7-9)22-4/h6-8,10H,5H2,1-4H3,(H,17,18)(H,19,20). The fourth-order valence-corrected chi connectivity index (χ4v) is 2.49. The predicted molar refractivity (Wildman–Crippen MR) is 85.6 cm³/mol. The van der Waals surface area contributed by atoms with E-state index >= 15 is 0 Å². The van der Waals surface area contributed by atoms with Gasteiger partial charge < -0.3 is 19.9 Å². The van der Waals surface area contributed by atoms with E-state index in [1.807, 2.05) is 13.8 Å². The zero-order valence-electron chi connectivity index (χ0n) is 13.0. The van der Waals surface area contributed by atoms with Crippen molar-refractivity contribution in [1.82, 2.24) is 5.32 Å². The van der Waals surface area contributed by atoms with Crippen molar-refractivity contribution in [3.05, 3.63) is 22.2 Å². The van der Waals surface area contributed by atoms with Crippen molar-refractivity contribution in [1.29, 1.82) is 0 Å². The van der Waals surface area contributed by atoms with E-state index in [1.54, 1.807) is 0 Å². The lowest BCUT2D eigenvalue weighted by molar-refractivity contribution is -0.139. The number of amides is 1. The third-order valence-corrected chi connectivity index (χ3v) is 3.80. The molecule has 7 heteroatoms. The van der Waals surface area contributed by atoms with Gasteiger partial charge in [-0.3, -0.25) is 4.79 Å². The highest BCUT2D eigenvalue weighted by molar-refractivity contribution is 9.10. The number of carbonyl (C=O) groups is 2. The van der Waals surface area contributed by atoms with Crippen LogP contribution in [-0.2, 0) is 4.79 Å². The SMILES string of the molecule is COc1cc(C(=O)NC(CC(C)C)C(=O)O)cc(OC)c1Br. The van der Waals surface area contributed by atoms with Crippen LogP contribution in [0.15, 0.2) is 16.6 Å². The number of carbonyl (C=O) groups excluding carboxylic acids is 1. The summed E-state index contributed by atoms with van der Waals surface area (Å²) in [7, 11) is 2.94. The first kappa shape index (κ1) is 18.3. The van der Waals surface area contributed by atoms with Crippen LogP contribution in [0.5, 0.6) is 11.5 Å². The molecule has 1 aromatic rings. The van der Waals surface area contributed by atoms with Crippen LogP contribution in [0.2, 0.25) is 0 Å². The molecule has 1 amide bonds. The van der Waals surface area contributed by atoms with Crippen LogP contribution in [0.4, 0.5) is 0 Å². The maximum Gasteiger partial charge on any atom is 0.326 e. The minimum Gasteiger partial charge on any atom is -0.495 e. The zero-order chi connectivity index (χ0) is 16.9. The lowest BCUT2D eigenvalue weighted by Crippen LogP contribution is -2.41. The van der Waals surface area contributed by atoms with Gasteiger partial charge in [0.15, 0.2) is 0 Å². The number of aliphatic carboxylic acids is 1. The summed E-state index contributed by atoms with van der Waals surface area (Å²) in [5.41, 5.74) is 0.270. The minimum atomic E-state index is -1.06. The number of benzene rings is 1. The van der Waals surface area contributed by atoms with E-state index in [0.717, 1.165) is 0 Å². The summed E-state index contributed by atoms with van der Waals surface area (Å²) in [6.07, 6.45) is 0.353. The molecule has 0 fully saturated rings. The first-order valence-corrected chi connectivity index (χ1v) is 7.54. The Morgan fingerprint density at radius 2 is 1.73 bits per heavy atom. The van der Waals surface area contributed by atoms with E-state index in [4.69, 9.17) is 9.47 Å². The Hall–Kier alpha value is -1.76. The van der Waals surface area contributed by atoms with E-state index in [-0.39, 0.29) is 11.5 Å². The summed E-state index contributed by atoms with van der Waals surface area (Å²) in [5.74, 6) is -0.536. The summed E-state index contributed by atoms with van der Waals surface area (Å²) < 4.78 is 10.9. The van der Waals surface area contributed by atoms with Gasteiger partial charge >= 0.3 is 5.97 Å². The highest BCUT2D eigenvalue weighted by Crippen LogP contribution is 2.35. The highest BCUT2D eigenvalue weighted by atomic mass is 79.9. The molecule has 0 bridgehead atoms. The Morgan fingerprint density at radius 3 is 2.09 bits per heavy atom. The molecular formula is C15H20BrNO5. The molecule has 0 aromatic heterocycles. The number of methoxy groups -OCH3 is 2. The molecule has 0 spiro atoms. The topological polar surface area (TPSA) is 84.9 Å². The van der Waals surface area contributed by atoms with Gasteiger partial charge in [-0.25, -0.2) is 4.79 Å². The first-order valence-electron chi connectivity index (χ1n) is 6.75. The highest BCUT2D eigenvalue weighted by Gasteiger charge is 2.23. The van der Waals surface area contributed by atoms with E-state index in [2.05, 4.69) is 21.2 Å². The predicted octanol–water partition coefficient (Wildman–Crippen LogP) is 2.70. The van der Waals surface area contributed by atoms with Gasteiger partial charge in [0.25, 0.3) is 5.91 Å². The van der Waals surface area contributed by atoms with Crippen LogP contribution in [0.1, 0.15) is 30.6 Å². The Labute approximate surface area is 137 Å². The quantitative estimate of drug-likeness (QED) is 0.767. The maximum atomic E-state index is 12.3. The van der Waals surface area contributed by atoms with Gasteiger partial charge in [0.05, 0.1) is 14.2 Å². The molecule has 0 aliphatic rings. The van der Waals surface area contributed by atoms with Gasteiger partial charge in [-0.15, -0.1) is 0 Å². The fourth-order valence-electron chi connectivity index (χ4n) is 1.93. The third-order valence-electron chi connectivity index (χ3n) is 3.02. The van der Waals surface area contributed by atoms with Crippen molar-refractivity contribution in [2.45, 2.75) is 26.3 Å². The van der Waals surface area contributed by atoms with Crippen molar-refractivity contribution < 1.29 is 24.2 Å². The van der Waals surface area contributed by atoms with Crippen LogP contribution in [0.3, 0.4) is 0 Å². The van der Waals surface area contributed by atoms with Crippen LogP contribution < -0.4 is 14.8 Å². The Morgan fingerprint density at radius 1 is 1.23 bits per heavy atom. The number of hydrogen-bond acceptors (Lipinski definition) is 4. The van der Waals surface area contributed by atoms with Crippen molar-refractivity contribution >= 4 is 27.8 Å². The number of nitrogens with one attached hydrogen (secondary N) is 1. The van der Waals surface area contributed by atoms with E-state index in [9.17, 15) is 14.7 Å². The molecule has 122 valence electrons. The molecule has 1 unspecified atom stereocenters. The summed E-state index contributed by atoms with van der Waals surface area (Å²) >= 11 is 3.32. The lowest BCUT2D eigenvalue weighted by Gasteiger charge is -2.17. The monoisotopic (exact) mass is 373 g/mol. The molecule has 1 atom stereocenters. The van der Waals surface area contributed by atoms with Crippen molar-refractivity contribution in [2.75, 3.05) is 14.2 Å². The molecule has 0 saturated heterocycles. The van der Waals surface area contributed by atoms with Gasteiger partial charge in [-0.1, -0.05) is 13.8 Å². The minimum absolute atomic E-state index is 0.149. The average Bonchev–Trinajstić information content (AvgIpc) is 2.46. The summed E-state index contributed by atoms with van der Waals surface area (Å²) in [4.78, 5) is 23.5. The Kier molecular flexibility index (Phi) is 6.67. The van der Waals surface area contributed by atoms with Crippen LogP contribution in [0, 0.1) is 5.92 Å². The van der Waals surface area contributed by atoms with Gasteiger partial charge in [0, 0.05) is 5.56 Å². The normalized spacial score (nSPS) is 11.9. The molecule has 2 N–H and O–H groups in total. The molecule has 0 radical (unpaired) electrons. The molecule has 0 saturated carbocycles. The van der Waals surface area contributed by atoms with Gasteiger partial charge in [-0.05, 0) is 40.4 Å².